The molecule has 2 N–H and O–H groups in total. The van der Waals surface area contributed by atoms with Crippen molar-refractivity contribution in [2.45, 2.75) is 4.90 Å². The van der Waals surface area contributed by atoms with Crippen molar-refractivity contribution in [3.8, 4) is 0 Å². The molecule has 0 unspecified atom stereocenters. The maximum absolute atomic E-state index is 12.2. The Morgan fingerprint density at radius 1 is 1.17 bits per heavy atom. The van der Waals surface area contributed by atoms with Gasteiger partial charge in [0, 0.05) is 11.1 Å². The SMILES string of the molecule is O=C(O)C(O)=CC(=O)c1cnn(S(=O)(=O)c2ccc(Cl)cc2)n1. The van der Waals surface area contributed by atoms with Gasteiger partial charge in [-0.05, 0) is 24.3 Å². The third-order valence-electron chi connectivity index (χ3n) is 2.54. The van der Waals surface area contributed by atoms with Gasteiger partial charge in [0.15, 0.2) is 5.69 Å². The number of aliphatic carboxylic acids is 1. The summed E-state index contributed by atoms with van der Waals surface area (Å²) in [5, 5.41) is 24.7. The molecule has 0 spiro atoms. The van der Waals surface area contributed by atoms with E-state index in [9.17, 15) is 18.0 Å². The number of hydrogen-bond acceptors (Lipinski definition) is 7. The van der Waals surface area contributed by atoms with Crippen LogP contribution in [0.3, 0.4) is 0 Å². The molecule has 0 aliphatic rings. The van der Waals surface area contributed by atoms with Gasteiger partial charge in [0.05, 0.1) is 11.1 Å². The Bertz CT molecular complexity index is 901. The number of carbonyl (C=O) groups excluding carboxylic acids is 1. The quantitative estimate of drug-likeness (QED) is 0.456. The molecule has 2 rings (SSSR count). The number of aromatic nitrogens is 3. The average molecular weight is 358 g/mol. The van der Waals surface area contributed by atoms with Crippen LogP contribution in [-0.4, -0.2) is 44.8 Å². The van der Waals surface area contributed by atoms with Crippen LogP contribution in [-0.2, 0) is 14.8 Å². The molecule has 9 nitrogen and oxygen atoms in total. The number of carbonyl (C=O) groups is 2. The van der Waals surface area contributed by atoms with Crippen LogP contribution >= 0.6 is 11.6 Å². The highest BCUT2D eigenvalue weighted by molar-refractivity contribution is 7.89. The molecule has 0 saturated heterocycles. The highest BCUT2D eigenvalue weighted by Crippen LogP contribution is 2.16. The number of rotatable bonds is 5. The Morgan fingerprint density at radius 3 is 2.35 bits per heavy atom. The van der Waals surface area contributed by atoms with Gasteiger partial charge in [-0.15, -0.1) is 10.2 Å². The fraction of sp³-hybridized carbons (Fsp3) is 0. The summed E-state index contributed by atoms with van der Waals surface area (Å²) in [5.74, 6) is -3.92. The third-order valence-corrected chi connectivity index (χ3v) is 4.26. The number of ketones is 1. The Kier molecular flexibility index (Phi) is 4.48. The Hall–Kier alpha value is -2.72. The number of hydrogen-bond donors (Lipinski definition) is 2. The van der Waals surface area contributed by atoms with Crippen molar-refractivity contribution in [2.24, 2.45) is 0 Å². The van der Waals surface area contributed by atoms with Crippen molar-refractivity contribution >= 4 is 33.4 Å². The van der Waals surface area contributed by atoms with Crippen molar-refractivity contribution in [1.29, 1.82) is 0 Å². The average Bonchev–Trinajstić information content (AvgIpc) is 2.98. The van der Waals surface area contributed by atoms with E-state index in [0.29, 0.717) is 15.3 Å². The van der Waals surface area contributed by atoms with Gasteiger partial charge in [0.25, 0.3) is 10.0 Å². The molecule has 0 bridgehead atoms. The number of allylic oxidation sites excluding steroid dienone is 1. The largest absolute Gasteiger partial charge is 0.502 e. The van der Waals surface area contributed by atoms with Crippen LogP contribution in [0.15, 0.2) is 47.2 Å². The van der Waals surface area contributed by atoms with Crippen LogP contribution in [0.5, 0.6) is 0 Å². The number of aliphatic hydroxyl groups is 1. The summed E-state index contributed by atoms with van der Waals surface area (Å²) in [5.41, 5.74) is -0.449. The number of aliphatic hydroxyl groups excluding tert-OH is 1. The molecule has 0 aliphatic carbocycles. The van der Waals surface area contributed by atoms with Crippen molar-refractivity contribution < 1.29 is 28.2 Å². The van der Waals surface area contributed by atoms with Gasteiger partial charge in [0.1, 0.15) is 0 Å². The van der Waals surface area contributed by atoms with Gasteiger partial charge in [-0.3, -0.25) is 4.79 Å². The molecule has 120 valence electrons. The molecule has 0 saturated carbocycles. The Labute approximate surface area is 134 Å². The highest BCUT2D eigenvalue weighted by Gasteiger charge is 2.21. The van der Waals surface area contributed by atoms with E-state index in [2.05, 4.69) is 10.2 Å². The van der Waals surface area contributed by atoms with Gasteiger partial charge < -0.3 is 10.2 Å². The summed E-state index contributed by atoms with van der Waals surface area (Å²) in [4.78, 5) is 21.9. The number of nitrogens with zero attached hydrogens (tertiary/aromatic N) is 3. The highest BCUT2D eigenvalue weighted by atomic mass is 35.5. The molecule has 1 heterocycles. The van der Waals surface area contributed by atoms with E-state index in [1.165, 1.54) is 24.3 Å². The first-order valence-corrected chi connectivity index (χ1v) is 7.65. The minimum absolute atomic E-state index is 0.152. The van der Waals surface area contributed by atoms with E-state index < -0.39 is 33.2 Å². The first kappa shape index (κ1) is 16.6. The van der Waals surface area contributed by atoms with E-state index in [1.54, 1.807) is 0 Å². The van der Waals surface area contributed by atoms with Crippen LogP contribution in [0.1, 0.15) is 10.5 Å². The van der Waals surface area contributed by atoms with E-state index >= 15 is 0 Å². The zero-order valence-corrected chi connectivity index (χ0v) is 12.7. The van der Waals surface area contributed by atoms with E-state index in [-0.39, 0.29) is 4.90 Å². The van der Waals surface area contributed by atoms with Crippen molar-refractivity contribution in [1.82, 2.24) is 14.4 Å². The second-order valence-electron chi connectivity index (χ2n) is 4.11. The predicted molar refractivity (Wildman–Crippen MR) is 76.7 cm³/mol. The lowest BCUT2D eigenvalue weighted by atomic mass is 10.2. The van der Waals surface area contributed by atoms with E-state index in [0.717, 1.165) is 6.20 Å². The van der Waals surface area contributed by atoms with Gasteiger partial charge >= 0.3 is 5.97 Å². The molecule has 23 heavy (non-hydrogen) atoms. The summed E-state index contributed by atoms with van der Waals surface area (Å²) in [6.45, 7) is 0. The molecule has 2 aromatic rings. The van der Waals surface area contributed by atoms with Crippen LogP contribution < -0.4 is 0 Å². The second-order valence-corrected chi connectivity index (χ2v) is 6.30. The number of carboxylic acids is 1. The van der Waals surface area contributed by atoms with Gasteiger partial charge in [-0.25, -0.2) is 4.79 Å². The summed E-state index contributed by atoms with van der Waals surface area (Å²) in [6, 6.07) is 5.19. The van der Waals surface area contributed by atoms with Crippen LogP contribution in [0, 0.1) is 0 Å². The summed E-state index contributed by atoms with van der Waals surface area (Å²) in [6.07, 6.45) is 1.23. The lowest BCUT2D eigenvalue weighted by molar-refractivity contribution is -0.135. The first-order valence-electron chi connectivity index (χ1n) is 5.83. The monoisotopic (exact) mass is 357 g/mol. The lowest BCUT2D eigenvalue weighted by Gasteiger charge is -2.02. The maximum Gasteiger partial charge on any atom is 0.371 e. The number of halogens is 1. The molecule has 0 amide bonds. The summed E-state index contributed by atoms with van der Waals surface area (Å²) < 4.78 is 24.8. The normalized spacial score (nSPS) is 12.1. The van der Waals surface area contributed by atoms with Crippen LogP contribution in [0.25, 0.3) is 0 Å². The molecular weight excluding hydrogens is 350 g/mol. The number of benzene rings is 1. The maximum atomic E-state index is 12.2. The molecule has 1 aromatic heterocycles. The minimum atomic E-state index is -4.13. The molecule has 1 aromatic carbocycles. The molecular formula is C12H8ClN3O6S. The third kappa shape index (κ3) is 3.55. The molecule has 0 atom stereocenters. The van der Waals surface area contributed by atoms with Gasteiger partial charge in [-0.2, -0.15) is 8.42 Å². The number of carboxylic acid groups (broad SMARTS) is 1. The Morgan fingerprint density at radius 2 is 1.78 bits per heavy atom. The summed E-state index contributed by atoms with van der Waals surface area (Å²) >= 11 is 5.67. The molecule has 11 heteroatoms. The lowest BCUT2D eigenvalue weighted by Crippen LogP contribution is -2.16. The summed E-state index contributed by atoms with van der Waals surface area (Å²) in [7, 11) is -4.13. The van der Waals surface area contributed by atoms with Crippen LogP contribution in [0.4, 0.5) is 0 Å². The smallest absolute Gasteiger partial charge is 0.371 e. The zero-order chi connectivity index (χ0) is 17.2. The first-order chi connectivity index (χ1) is 10.7. The van der Waals surface area contributed by atoms with Crippen LogP contribution in [0.2, 0.25) is 5.02 Å². The predicted octanol–water partition coefficient (Wildman–Crippen LogP) is 0.878. The topological polar surface area (TPSA) is 139 Å². The van der Waals surface area contributed by atoms with Crippen molar-refractivity contribution in [2.75, 3.05) is 0 Å². The van der Waals surface area contributed by atoms with Crippen molar-refractivity contribution in [3.63, 3.8) is 0 Å². The molecule has 0 aliphatic heterocycles. The van der Waals surface area contributed by atoms with Gasteiger partial charge in [0.2, 0.25) is 11.5 Å². The minimum Gasteiger partial charge on any atom is -0.502 e. The molecule has 0 radical (unpaired) electrons. The van der Waals surface area contributed by atoms with E-state index in [1.807, 2.05) is 0 Å². The Balaban J connectivity index is 2.35. The second kappa shape index (κ2) is 6.18. The zero-order valence-electron chi connectivity index (χ0n) is 11.1. The standard InChI is InChI=1S/C12H8ClN3O6S/c13-7-1-3-8(4-2-7)23(21,22)16-14-6-9(15-16)10(17)5-11(18)12(19)20/h1-6,18H,(H,19,20). The van der Waals surface area contributed by atoms with Gasteiger partial charge in [-0.1, -0.05) is 15.8 Å². The van der Waals surface area contributed by atoms with Crippen molar-refractivity contribution in [3.05, 3.63) is 53.0 Å². The fourth-order valence-corrected chi connectivity index (χ4v) is 2.60. The fourth-order valence-electron chi connectivity index (χ4n) is 1.44. The molecule has 0 fully saturated rings. The van der Waals surface area contributed by atoms with E-state index in [4.69, 9.17) is 21.8 Å².